The maximum atomic E-state index is 12.5. The highest BCUT2D eigenvalue weighted by Crippen LogP contribution is 2.30. The van der Waals surface area contributed by atoms with Crippen LogP contribution in [0, 0.1) is 0 Å². The van der Waals surface area contributed by atoms with Crippen molar-refractivity contribution in [2.75, 3.05) is 13.1 Å². The Morgan fingerprint density at radius 3 is 2.11 bits per heavy atom. The molecule has 1 amide bonds. The molecule has 1 fully saturated rings. The van der Waals surface area contributed by atoms with Gasteiger partial charge < -0.3 is 25.5 Å². The fraction of sp³-hybridized carbons (Fsp3) is 0.360. The Morgan fingerprint density at radius 2 is 1.60 bits per heavy atom. The number of carbonyl (C=O) groups excluding carboxylic acids is 1. The van der Waals surface area contributed by atoms with Crippen LogP contribution in [0.15, 0.2) is 54.6 Å². The average molecular weight is 505 g/mol. The normalized spacial score (nSPS) is 19.0. The lowest BCUT2D eigenvalue weighted by Crippen LogP contribution is -2.65. The van der Waals surface area contributed by atoms with Crippen molar-refractivity contribution >= 4 is 35.4 Å². The minimum Gasteiger partial charge on any atom is -0.481 e. The maximum absolute atomic E-state index is 12.5. The molecule has 0 bridgehead atoms. The van der Waals surface area contributed by atoms with E-state index in [9.17, 15) is 24.3 Å². The molecule has 10 heteroatoms. The van der Waals surface area contributed by atoms with E-state index in [1.807, 2.05) is 44.2 Å². The van der Waals surface area contributed by atoms with Gasteiger partial charge in [-0.2, -0.15) is 0 Å². The van der Waals surface area contributed by atoms with E-state index in [0.717, 1.165) is 16.9 Å². The van der Waals surface area contributed by atoms with Crippen LogP contribution in [0.4, 0.5) is 0 Å². The van der Waals surface area contributed by atoms with Gasteiger partial charge in [-0.25, -0.2) is 4.79 Å². The van der Waals surface area contributed by atoms with Crippen molar-refractivity contribution in [3.63, 3.8) is 0 Å². The maximum Gasteiger partial charge on any atom is 0.328 e. The summed E-state index contributed by atoms with van der Waals surface area (Å²) < 4.78 is 0. The zero-order chi connectivity index (χ0) is 26.2. The van der Waals surface area contributed by atoms with Gasteiger partial charge in [0.15, 0.2) is 6.04 Å². The minimum atomic E-state index is -1.49. The molecule has 2 aromatic carbocycles. The van der Waals surface area contributed by atoms with Crippen LogP contribution >= 0.6 is 11.6 Å². The van der Waals surface area contributed by atoms with E-state index in [1.165, 1.54) is 12.1 Å². The first kappa shape index (κ1) is 27.8. The number of carboxylic acids is 3. The SMILES string of the molecule is CCC(C)(CC(=O)O)c1ccccc1.O=C(O)C1NCCN(C(=O)c2ccccc2Cl)C1C(=O)O. The number of halogens is 1. The predicted octanol–water partition coefficient (Wildman–Crippen LogP) is 3.12. The van der Waals surface area contributed by atoms with Crippen LogP contribution in [0.5, 0.6) is 0 Å². The van der Waals surface area contributed by atoms with Gasteiger partial charge in [0.25, 0.3) is 5.91 Å². The Kier molecular flexibility index (Phi) is 9.79. The highest BCUT2D eigenvalue weighted by molar-refractivity contribution is 6.33. The molecule has 0 saturated carbocycles. The molecule has 1 heterocycles. The molecule has 35 heavy (non-hydrogen) atoms. The first-order chi connectivity index (χ1) is 16.5. The lowest BCUT2D eigenvalue weighted by Gasteiger charge is -2.37. The Morgan fingerprint density at radius 1 is 1.00 bits per heavy atom. The molecule has 3 atom stereocenters. The molecular formula is C25H29ClN2O7. The first-order valence-electron chi connectivity index (χ1n) is 11.0. The number of piperazine rings is 1. The van der Waals surface area contributed by atoms with E-state index in [-0.39, 0.29) is 35.5 Å². The van der Waals surface area contributed by atoms with Crippen molar-refractivity contribution < 1.29 is 34.5 Å². The zero-order valence-corrected chi connectivity index (χ0v) is 20.2. The van der Waals surface area contributed by atoms with Crippen LogP contribution in [0.3, 0.4) is 0 Å². The van der Waals surface area contributed by atoms with Crippen LogP contribution in [0.1, 0.15) is 42.6 Å². The van der Waals surface area contributed by atoms with E-state index in [4.69, 9.17) is 21.8 Å². The third kappa shape index (κ3) is 7.03. The fourth-order valence-corrected chi connectivity index (χ4v) is 4.11. The molecule has 4 N–H and O–H groups in total. The van der Waals surface area contributed by atoms with Crippen LogP contribution in [-0.2, 0) is 19.8 Å². The standard InChI is InChI=1S/C13H13ClN2O5.C12H16O2/c14-8-4-2-1-3-7(8)11(17)16-6-5-15-9(12(18)19)10(16)13(20)21;1-3-12(2,9-11(13)14)10-7-5-4-6-8-10/h1-4,9-10,15H,5-6H2,(H,18,19)(H,20,21);4-8H,3,9H2,1-2H3,(H,13,14). The second-order valence-electron chi connectivity index (χ2n) is 8.38. The van der Waals surface area contributed by atoms with Crippen molar-refractivity contribution in [1.82, 2.24) is 10.2 Å². The average Bonchev–Trinajstić information content (AvgIpc) is 2.83. The first-order valence-corrected chi connectivity index (χ1v) is 11.4. The minimum absolute atomic E-state index is 0.0881. The Hall–Kier alpha value is -3.43. The largest absolute Gasteiger partial charge is 0.481 e. The second kappa shape index (κ2) is 12.3. The van der Waals surface area contributed by atoms with Gasteiger partial charge in [-0.15, -0.1) is 0 Å². The molecule has 0 spiro atoms. The van der Waals surface area contributed by atoms with Gasteiger partial charge >= 0.3 is 17.9 Å². The monoisotopic (exact) mass is 504 g/mol. The van der Waals surface area contributed by atoms with Crippen LogP contribution < -0.4 is 5.32 Å². The molecule has 9 nitrogen and oxygen atoms in total. The Bertz CT molecular complexity index is 1060. The molecule has 0 aromatic heterocycles. The fourth-order valence-electron chi connectivity index (χ4n) is 3.89. The van der Waals surface area contributed by atoms with E-state index >= 15 is 0 Å². The predicted molar refractivity (Wildman–Crippen MR) is 130 cm³/mol. The lowest BCUT2D eigenvalue weighted by molar-refractivity contribution is -0.152. The molecule has 1 aliphatic rings. The summed E-state index contributed by atoms with van der Waals surface area (Å²) in [7, 11) is 0. The summed E-state index contributed by atoms with van der Waals surface area (Å²) in [6, 6.07) is 13.2. The number of rotatable bonds is 7. The lowest BCUT2D eigenvalue weighted by atomic mass is 9.77. The summed E-state index contributed by atoms with van der Waals surface area (Å²) in [5, 5.41) is 30.0. The third-order valence-electron chi connectivity index (χ3n) is 6.05. The Labute approximate surface area is 208 Å². The van der Waals surface area contributed by atoms with Gasteiger partial charge in [-0.1, -0.05) is 67.9 Å². The number of nitrogens with one attached hydrogen (secondary N) is 1. The summed E-state index contributed by atoms with van der Waals surface area (Å²) in [4.78, 5) is 46.8. The summed E-state index contributed by atoms with van der Waals surface area (Å²) in [6.07, 6.45) is 1.02. The van der Waals surface area contributed by atoms with Gasteiger partial charge in [0.2, 0.25) is 0 Å². The highest BCUT2D eigenvalue weighted by Gasteiger charge is 2.43. The van der Waals surface area contributed by atoms with Gasteiger partial charge in [0.1, 0.15) is 6.04 Å². The number of carbonyl (C=O) groups is 4. The van der Waals surface area contributed by atoms with E-state index in [2.05, 4.69) is 5.32 Å². The smallest absolute Gasteiger partial charge is 0.328 e. The van der Waals surface area contributed by atoms with Crippen LogP contribution in [0.2, 0.25) is 5.02 Å². The summed E-state index contributed by atoms with van der Waals surface area (Å²) >= 11 is 5.94. The zero-order valence-electron chi connectivity index (χ0n) is 19.5. The number of benzene rings is 2. The van der Waals surface area contributed by atoms with E-state index in [1.54, 1.807) is 12.1 Å². The summed E-state index contributed by atoms with van der Waals surface area (Å²) in [6.45, 7) is 4.30. The van der Waals surface area contributed by atoms with Crippen molar-refractivity contribution in [1.29, 1.82) is 0 Å². The van der Waals surface area contributed by atoms with Gasteiger partial charge in [-0.3, -0.25) is 14.4 Å². The second-order valence-corrected chi connectivity index (χ2v) is 8.79. The van der Waals surface area contributed by atoms with E-state index < -0.39 is 35.9 Å². The molecule has 2 aromatic rings. The molecule has 3 rings (SSSR count). The third-order valence-corrected chi connectivity index (χ3v) is 6.37. The molecule has 1 aliphatic heterocycles. The number of hydrogen-bond donors (Lipinski definition) is 4. The summed E-state index contributed by atoms with van der Waals surface area (Å²) in [5.74, 6) is -4.03. The van der Waals surface area contributed by atoms with Gasteiger partial charge in [-0.05, 0) is 24.1 Å². The Balaban J connectivity index is 0.000000269. The molecular weight excluding hydrogens is 476 g/mol. The number of nitrogens with zero attached hydrogens (tertiary/aromatic N) is 1. The van der Waals surface area contributed by atoms with Crippen molar-refractivity contribution in [2.24, 2.45) is 0 Å². The van der Waals surface area contributed by atoms with Gasteiger partial charge in [0.05, 0.1) is 17.0 Å². The number of hydrogen-bond acceptors (Lipinski definition) is 5. The van der Waals surface area contributed by atoms with Crippen LogP contribution in [0.25, 0.3) is 0 Å². The van der Waals surface area contributed by atoms with Crippen LogP contribution in [-0.4, -0.2) is 69.2 Å². The van der Waals surface area contributed by atoms with Crippen molar-refractivity contribution in [2.45, 2.75) is 44.2 Å². The molecule has 1 saturated heterocycles. The van der Waals surface area contributed by atoms with Gasteiger partial charge in [0, 0.05) is 18.5 Å². The molecule has 3 unspecified atom stereocenters. The number of amides is 1. The van der Waals surface area contributed by atoms with E-state index in [0.29, 0.717) is 0 Å². The van der Waals surface area contributed by atoms with Crippen molar-refractivity contribution in [3.05, 3.63) is 70.7 Å². The number of carboxylic acid groups (broad SMARTS) is 3. The molecule has 0 radical (unpaired) electrons. The topological polar surface area (TPSA) is 144 Å². The highest BCUT2D eigenvalue weighted by atomic mass is 35.5. The number of aliphatic carboxylic acids is 3. The quantitative estimate of drug-likeness (QED) is 0.450. The van der Waals surface area contributed by atoms with Crippen molar-refractivity contribution in [3.8, 4) is 0 Å². The summed E-state index contributed by atoms with van der Waals surface area (Å²) in [5.41, 5.74) is 1.01. The molecule has 0 aliphatic carbocycles. The molecule has 188 valence electrons.